The Bertz CT molecular complexity index is 2100. The van der Waals surface area contributed by atoms with Gasteiger partial charge in [-0.3, -0.25) is 0 Å². The van der Waals surface area contributed by atoms with Crippen molar-refractivity contribution < 1.29 is 9.35 Å². The largest absolute Gasteiger partial charge is 0.286 e. The Morgan fingerprint density at radius 3 is 1.38 bits per heavy atom. The highest BCUT2D eigenvalue weighted by Gasteiger charge is 2.75. The molecule has 0 unspecified atom stereocenters. The van der Waals surface area contributed by atoms with Crippen LogP contribution in [0.5, 0.6) is 0 Å². The molecule has 2 spiro atoms. The third-order valence-electron chi connectivity index (χ3n) is 10.2. The summed E-state index contributed by atoms with van der Waals surface area (Å²) < 4.78 is 5.56. The van der Waals surface area contributed by atoms with Crippen molar-refractivity contribution in [3.05, 3.63) is 154 Å². The second kappa shape index (κ2) is 7.13. The number of rotatable bonds is 0. The van der Waals surface area contributed by atoms with Crippen molar-refractivity contribution >= 4 is 11.4 Å². The highest BCUT2D eigenvalue weighted by molar-refractivity contribution is 5.99. The van der Waals surface area contributed by atoms with Gasteiger partial charge in [0.25, 0.3) is 22.8 Å². The lowest BCUT2D eigenvalue weighted by Gasteiger charge is -2.39. The second-order valence-electron chi connectivity index (χ2n) is 12.7. The van der Waals surface area contributed by atoms with Gasteiger partial charge in [-0.1, -0.05) is 48.5 Å². The molecule has 0 saturated heterocycles. The molecule has 2 aromatic heterocycles. The van der Waals surface area contributed by atoms with Crippen molar-refractivity contribution in [1.29, 1.82) is 0 Å². The van der Waals surface area contributed by atoms with Gasteiger partial charge in [-0.2, -0.15) is 0 Å². The van der Waals surface area contributed by atoms with Crippen LogP contribution in [-0.4, -0.2) is 0 Å². The van der Waals surface area contributed by atoms with E-state index in [1.807, 2.05) is 0 Å². The van der Waals surface area contributed by atoms with Gasteiger partial charge in [0.15, 0.2) is 4.70 Å². The molecule has 6 aromatic rings. The third-order valence-corrected chi connectivity index (χ3v) is 10.2. The molecule has 3 nitrogen and oxygen atoms in total. The number of hydrogen-bond donors (Lipinski definition) is 0. The van der Waals surface area contributed by atoms with Gasteiger partial charge >= 0.3 is 0 Å². The van der Waals surface area contributed by atoms with Crippen LogP contribution in [-0.2, 0) is 5.41 Å². The summed E-state index contributed by atoms with van der Waals surface area (Å²) in [6, 6.07) is 37.4. The standard InChI is InChI=1S/C39H30N3/c1-23-13-15-40-35(21-23)29-17-25(3)19-33-37(29)42(40)38-30(36-22-24(2)14-16-41(36)42)18-26(4)20-34(38)39(33)31-11-7-5-9-27(31)28-10-6-8-12-32(28)39/h5-22H,1-4H3/q+3. The summed E-state index contributed by atoms with van der Waals surface area (Å²) in [5, 5.41) is 0. The van der Waals surface area contributed by atoms with Crippen molar-refractivity contribution in [3.8, 4) is 33.6 Å². The topological polar surface area (TPSA) is 7.76 Å². The van der Waals surface area contributed by atoms with Crippen molar-refractivity contribution in [3.63, 3.8) is 0 Å². The van der Waals surface area contributed by atoms with Crippen LogP contribution in [0.2, 0.25) is 0 Å². The smallest absolute Gasteiger partial charge is 0.0619 e. The highest BCUT2D eigenvalue weighted by atomic mass is 15.9. The summed E-state index contributed by atoms with van der Waals surface area (Å²) in [6.45, 7) is 8.96. The monoisotopic (exact) mass is 540 g/mol. The summed E-state index contributed by atoms with van der Waals surface area (Å²) >= 11 is 0. The number of hydrogen-bond acceptors (Lipinski definition) is 0. The first-order valence-electron chi connectivity index (χ1n) is 14.9. The van der Waals surface area contributed by atoms with Crippen LogP contribution in [0.25, 0.3) is 33.6 Å². The van der Waals surface area contributed by atoms with Crippen LogP contribution >= 0.6 is 0 Å². The maximum Gasteiger partial charge on any atom is 0.286 e. The SMILES string of the molecule is Cc1cc2c3c(c1)C1(c4ccccc4-c4ccccc41)c1cc(C)cc4c1[N+]3([n+]1ccc(C)cc1-2)[n+]1ccc(C)cc1-4. The Balaban J connectivity index is 1.53. The molecule has 198 valence electrons. The number of pyridine rings is 2. The molecule has 0 fully saturated rings. The average Bonchev–Trinajstić information content (AvgIpc) is 3.55. The molecular weight excluding hydrogens is 510 g/mol. The zero-order valence-electron chi connectivity index (χ0n) is 24.2. The fourth-order valence-corrected chi connectivity index (χ4v) is 8.90. The van der Waals surface area contributed by atoms with Crippen molar-refractivity contribution in [2.45, 2.75) is 33.1 Å². The predicted octanol–water partition coefficient (Wildman–Crippen LogP) is 7.70. The van der Waals surface area contributed by atoms with Crippen LogP contribution in [0.3, 0.4) is 0 Å². The van der Waals surface area contributed by atoms with E-state index in [4.69, 9.17) is 0 Å². The molecule has 3 aliphatic heterocycles. The first-order valence-corrected chi connectivity index (χ1v) is 14.9. The normalized spacial score (nSPS) is 16.0. The van der Waals surface area contributed by atoms with Gasteiger partial charge in [0.1, 0.15) is 11.1 Å². The van der Waals surface area contributed by atoms with E-state index in [1.54, 1.807) is 0 Å². The lowest BCUT2D eigenvalue weighted by atomic mass is 9.63. The van der Waals surface area contributed by atoms with Gasteiger partial charge in [-0.15, -0.1) is 0 Å². The Kier molecular flexibility index (Phi) is 3.87. The van der Waals surface area contributed by atoms with Gasteiger partial charge in [-0.25, -0.2) is 0 Å². The van der Waals surface area contributed by atoms with Crippen molar-refractivity contribution in [2.24, 2.45) is 0 Å². The van der Waals surface area contributed by atoms with E-state index in [9.17, 15) is 0 Å². The number of quaternary nitrogens is 1. The molecular formula is C39H30N3+3. The van der Waals surface area contributed by atoms with Gasteiger partial charge in [0.05, 0.1) is 14.8 Å². The molecule has 4 aliphatic rings. The summed E-state index contributed by atoms with van der Waals surface area (Å²) in [5.74, 6) is 0. The van der Waals surface area contributed by atoms with E-state index in [1.165, 1.54) is 89.5 Å². The molecule has 1 aliphatic carbocycles. The van der Waals surface area contributed by atoms with Crippen molar-refractivity contribution in [2.75, 3.05) is 0 Å². The lowest BCUT2D eigenvalue weighted by Crippen LogP contribution is -2.82. The van der Waals surface area contributed by atoms with E-state index >= 15 is 0 Å². The summed E-state index contributed by atoms with van der Waals surface area (Å²) in [4.78, 5) is 0. The van der Waals surface area contributed by atoms with Gasteiger partial charge in [-0.05, 0) is 96.5 Å². The lowest BCUT2D eigenvalue weighted by molar-refractivity contribution is -1.02. The molecule has 0 radical (unpaired) electrons. The molecule has 0 N–H and O–H groups in total. The molecule has 0 amide bonds. The van der Waals surface area contributed by atoms with E-state index in [2.05, 4.69) is 147 Å². The molecule has 42 heavy (non-hydrogen) atoms. The third kappa shape index (κ3) is 2.24. The number of aryl methyl sites for hydroxylation is 4. The van der Waals surface area contributed by atoms with Crippen LogP contribution in [0.15, 0.2) is 109 Å². The van der Waals surface area contributed by atoms with Crippen LogP contribution in [0.4, 0.5) is 11.4 Å². The van der Waals surface area contributed by atoms with Gasteiger partial charge in [0.2, 0.25) is 12.4 Å². The molecule has 0 saturated carbocycles. The quantitative estimate of drug-likeness (QED) is 0.138. The molecule has 10 rings (SSSR count). The van der Waals surface area contributed by atoms with Gasteiger partial charge in [0, 0.05) is 35.4 Å². The summed E-state index contributed by atoms with van der Waals surface area (Å²) in [7, 11) is 0. The zero-order valence-corrected chi connectivity index (χ0v) is 24.2. The Morgan fingerprint density at radius 1 is 0.452 bits per heavy atom. The maximum absolute atomic E-state index is 2.52. The van der Waals surface area contributed by atoms with E-state index in [0.717, 1.165) is 0 Å². The number of nitrogens with zero attached hydrogens (tertiary/aromatic N) is 3. The van der Waals surface area contributed by atoms with E-state index in [-0.39, 0.29) is 0 Å². The number of aromatic nitrogens is 2. The Hall–Kier alpha value is -4.86. The zero-order chi connectivity index (χ0) is 28.1. The molecule has 0 bridgehead atoms. The van der Waals surface area contributed by atoms with Crippen molar-refractivity contribution in [1.82, 2.24) is 4.70 Å². The van der Waals surface area contributed by atoms with Crippen LogP contribution < -0.4 is 14.1 Å². The van der Waals surface area contributed by atoms with E-state index in [0.29, 0.717) is 4.70 Å². The Morgan fingerprint density at radius 2 is 0.905 bits per heavy atom. The Labute approximate surface area is 245 Å². The van der Waals surface area contributed by atoms with Crippen LogP contribution in [0, 0.1) is 27.7 Å². The summed E-state index contributed by atoms with van der Waals surface area (Å²) in [6.07, 6.45) is 4.63. The minimum absolute atomic E-state index is 0.420. The fraction of sp³-hybridized carbons (Fsp3) is 0.128. The number of fused-ring (bicyclic) bond motifs is 11. The molecule has 5 heterocycles. The predicted molar refractivity (Wildman–Crippen MR) is 166 cm³/mol. The maximum atomic E-state index is 2.52. The average molecular weight is 541 g/mol. The van der Waals surface area contributed by atoms with Crippen LogP contribution in [0.1, 0.15) is 44.5 Å². The van der Waals surface area contributed by atoms with Gasteiger partial charge < -0.3 is 0 Å². The number of benzene rings is 4. The van der Waals surface area contributed by atoms with E-state index < -0.39 is 5.41 Å². The molecule has 4 aromatic carbocycles. The second-order valence-corrected chi connectivity index (χ2v) is 12.7. The summed E-state index contributed by atoms with van der Waals surface area (Å²) in [5.41, 5.74) is 20.9. The first-order chi connectivity index (χ1) is 20.5. The fourth-order valence-electron chi connectivity index (χ4n) is 8.90. The highest BCUT2D eigenvalue weighted by Crippen LogP contribution is 2.68. The minimum Gasteiger partial charge on any atom is -0.0619 e. The molecule has 0 atom stereocenters. The first kappa shape index (κ1) is 22.8. The minimum atomic E-state index is -0.420. The molecule has 3 heteroatoms.